The van der Waals surface area contributed by atoms with E-state index in [2.05, 4.69) is 15.5 Å². The zero-order valence-corrected chi connectivity index (χ0v) is 12.3. The monoisotopic (exact) mass is 290 g/mol. The quantitative estimate of drug-likeness (QED) is 0.820. The molecule has 3 heterocycles. The summed E-state index contributed by atoms with van der Waals surface area (Å²) < 4.78 is 1.71. The minimum absolute atomic E-state index is 0.222. The maximum Gasteiger partial charge on any atom is 0.274 e. The van der Waals surface area contributed by atoms with Crippen LogP contribution in [0.5, 0.6) is 0 Å². The van der Waals surface area contributed by atoms with Crippen molar-refractivity contribution in [2.24, 2.45) is 13.0 Å². The van der Waals surface area contributed by atoms with Crippen LogP contribution in [0.4, 0.5) is 0 Å². The fraction of sp³-hybridized carbons (Fsp3) is 0.600. The van der Waals surface area contributed by atoms with E-state index in [1.54, 1.807) is 29.9 Å². The summed E-state index contributed by atoms with van der Waals surface area (Å²) in [5.74, 6) is 0.0946. The number of hydrogen-bond donors (Lipinski definition) is 2. The fourth-order valence-corrected chi connectivity index (χ4v) is 3.40. The van der Waals surface area contributed by atoms with E-state index in [9.17, 15) is 9.59 Å². The highest BCUT2D eigenvalue weighted by molar-refractivity contribution is 6.04. The summed E-state index contributed by atoms with van der Waals surface area (Å²) in [4.78, 5) is 26.1. The first kappa shape index (κ1) is 14.3. The van der Waals surface area contributed by atoms with Gasteiger partial charge in [0.1, 0.15) is 5.69 Å². The molecule has 2 aliphatic rings. The normalized spacial score (nSPS) is 25.6. The van der Waals surface area contributed by atoms with E-state index in [4.69, 9.17) is 0 Å². The summed E-state index contributed by atoms with van der Waals surface area (Å²) in [6.07, 6.45) is 4.24. The predicted molar refractivity (Wildman–Crippen MR) is 78.8 cm³/mol. The molecule has 0 spiro atoms. The van der Waals surface area contributed by atoms with Crippen LogP contribution in [0.2, 0.25) is 0 Å². The van der Waals surface area contributed by atoms with Gasteiger partial charge in [0.05, 0.1) is 6.54 Å². The van der Waals surface area contributed by atoms with Crippen molar-refractivity contribution >= 4 is 11.8 Å². The molecule has 2 unspecified atom stereocenters. The number of nitrogens with one attached hydrogen (secondary N) is 2. The van der Waals surface area contributed by atoms with Crippen LogP contribution in [0.15, 0.2) is 18.3 Å². The Labute approximate surface area is 124 Å². The third-order valence-corrected chi connectivity index (χ3v) is 4.47. The Morgan fingerprint density at radius 3 is 3.00 bits per heavy atom. The first-order valence-electron chi connectivity index (χ1n) is 7.55. The van der Waals surface area contributed by atoms with Crippen LogP contribution in [-0.4, -0.2) is 53.5 Å². The zero-order chi connectivity index (χ0) is 14.8. The van der Waals surface area contributed by atoms with Crippen molar-refractivity contribution in [2.45, 2.75) is 18.9 Å². The highest BCUT2D eigenvalue weighted by Gasteiger charge is 2.34. The summed E-state index contributed by atoms with van der Waals surface area (Å²) in [5.41, 5.74) is 0.500. The highest BCUT2D eigenvalue weighted by Crippen LogP contribution is 2.24. The Morgan fingerprint density at radius 2 is 2.29 bits per heavy atom. The molecule has 0 bridgehead atoms. The van der Waals surface area contributed by atoms with Crippen molar-refractivity contribution in [3.05, 3.63) is 24.0 Å². The van der Waals surface area contributed by atoms with E-state index in [-0.39, 0.29) is 11.8 Å². The third-order valence-electron chi connectivity index (χ3n) is 4.47. The van der Waals surface area contributed by atoms with Gasteiger partial charge in [0.25, 0.3) is 5.91 Å². The first-order chi connectivity index (χ1) is 10.1. The summed E-state index contributed by atoms with van der Waals surface area (Å²) in [6, 6.07) is 4.00. The van der Waals surface area contributed by atoms with Gasteiger partial charge in [-0.3, -0.25) is 19.8 Å². The number of amides is 2. The highest BCUT2D eigenvalue weighted by atomic mass is 16.2. The van der Waals surface area contributed by atoms with E-state index in [1.165, 1.54) is 12.8 Å². The second-order valence-electron chi connectivity index (χ2n) is 6.04. The Balaban J connectivity index is 1.51. The standard InChI is InChI=1S/C15H22N4O2/c1-18-7-3-5-13(18)15(21)17-14(20)10-19-8-11-4-2-6-16-12(11)9-19/h3,5,7,11-12,16H,2,4,6,8-10H2,1H3,(H,17,20,21). The van der Waals surface area contributed by atoms with Gasteiger partial charge in [-0.1, -0.05) is 0 Å². The molecular weight excluding hydrogens is 268 g/mol. The van der Waals surface area contributed by atoms with Crippen molar-refractivity contribution < 1.29 is 9.59 Å². The van der Waals surface area contributed by atoms with Crippen LogP contribution in [0.25, 0.3) is 0 Å². The number of imide groups is 1. The maximum atomic E-state index is 12.0. The Morgan fingerprint density at radius 1 is 1.43 bits per heavy atom. The molecule has 2 atom stereocenters. The molecule has 1 aromatic heterocycles. The molecule has 2 N–H and O–H groups in total. The van der Waals surface area contributed by atoms with Crippen LogP contribution in [0.1, 0.15) is 23.3 Å². The van der Waals surface area contributed by atoms with Crippen LogP contribution in [-0.2, 0) is 11.8 Å². The summed E-state index contributed by atoms with van der Waals surface area (Å²) in [5, 5.41) is 5.98. The number of carbonyl (C=O) groups excluding carboxylic acids is 2. The van der Waals surface area contributed by atoms with Crippen molar-refractivity contribution in [2.75, 3.05) is 26.2 Å². The van der Waals surface area contributed by atoms with Gasteiger partial charge >= 0.3 is 0 Å². The molecule has 6 heteroatoms. The molecule has 2 fully saturated rings. The van der Waals surface area contributed by atoms with Crippen molar-refractivity contribution in [1.82, 2.24) is 20.1 Å². The van der Waals surface area contributed by atoms with Gasteiger partial charge in [-0.15, -0.1) is 0 Å². The Hall–Kier alpha value is -1.66. The number of aryl methyl sites for hydroxylation is 1. The van der Waals surface area contributed by atoms with Gasteiger partial charge < -0.3 is 9.88 Å². The number of hydrogen-bond acceptors (Lipinski definition) is 4. The zero-order valence-electron chi connectivity index (χ0n) is 12.3. The van der Waals surface area contributed by atoms with Gasteiger partial charge in [-0.05, 0) is 37.4 Å². The lowest BCUT2D eigenvalue weighted by Gasteiger charge is -2.24. The molecule has 3 rings (SSSR count). The molecule has 0 aromatic carbocycles. The molecule has 114 valence electrons. The molecule has 2 saturated heterocycles. The molecule has 0 radical (unpaired) electrons. The lowest BCUT2D eigenvalue weighted by Crippen LogP contribution is -2.42. The summed E-state index contributed by atoms with van der Waals surface area (Å²) >= 11 is 0. The fourth-order valence-electron chi connectivity index (χ4n) is 3.40. The predicted octanol–water partition coefficient (Wildman–Crippen LogP) is -0.0347. The molecule has 21 heavy (non-hydrogen) atoms. The van der Waals surface area contributed by atoms with Gasteiger partial charge in [0.15, 0.2) is 0 Å². The van der Waals surface area contributed by atoms with E-state index in [0.717, 1.165) is 19.6 Å². The smallest absolute Gasteiger partial charge is 0.274 e. The molecule has 0 aliphatic carbocycles. The van der Waals surface area contributed by atoms with Crippen LogP contribution >= 0.6 is 0 Å². The van der Waals surface area contributed by atoms with Crippen LogP contribution in [0, 0.1) is 5.92 Å². The number of fused-ring (bicyclic) bond motifs is 1. The lowest BCUT2D eigenvalue weighted by molar-refractivity contribution is -0.121. The molecule has 2 amide bonds. The van der Waals surface area contributed by atoms with Crippen molar-refractivity contribution in [1.29, 1.82) is 0 Å². The number of carbonyl (C=O) groups is 2. The van der Waals surface area contributed by atoms with Crippen LogP contribution in [0.3, 0.4) is 0 Å². The van der Waals surface area contributed by atoms with Crippen molar-refractivity contribution in [3.8, 4) is 0 Å². The SMILES string of the molecule is Cn1cccc1C(=O)NC(=O)CN1CC2CCCNC2C1. The average Bonchev–Trinajstić information content (AvgIpc) is 3.03. The van der Waals surface area contributed by atoms with Gasteiger partial charge in [0, 0.05) is 32.4 Å². The largest absolute Gasteiger partial charge is 0.347 e. The Bertz CT molecular complexity index is 526. The third kappa shape index (κ3) is 3.16. The molecular formula is C15H22N4O2. The van der Waals surface area contributed by atoms with Gasteiger partial charge in [0.2, 0.25) is 5.91 Å². The number of aromatic nitrogens is 1. The first-order valence-corrected chi connectivity index (χ1v) is 7.55. The minimum atomic E-state index is -0.331. The molecule has 2 aliphatic heterocycles. The van der Waals surface area contributed by atoms with Gasteiger partial charge in [-0.2, -0.15) is 0 Å². The Kier molecular flexibility index (Phi) is 4.07. The number of rotatable bonds is 3. The van der Waals surface area contributed by atoms with E-state index in [0.29, 0.717) is 24.2 Å². The minimum Gasteiger partial charge on any atom is -0.347 e. The topological polar surface area (TPSA) is 66.4 Å². The summed E-state index contributed by atoms with van der Waals surface area (Å²) in [7, 11) is 1.79. The molecule has 0 saturated carbocycles. The number of piperidine rings is 1. The summed E-state index contributed by atoms with van der Waals surface area (Å²) in [6.45, 7) is 3.22. The second-order valence-corrected chi connectivity index (χ2v) is 6.04. The van der Waals surface area contributed by atoms with Crippen LogP contribution < -0.4 is 10.6 Å². The molecule has 1 aromatic rings. The lowest BCUT2D eigenvalue weighted by atomic mass is 9.94. The number of likely N-dealkylation sites (tertiary alicyclic amines) is 1. The average molecular weight is 290 g/mol. The second kappa shape index (κ2) is 5.99. The van der Waals surface area contributed by atoms with Crippen molar-refractivity contribution in [3.63, 3.8) is 0 Å². The van der Waals surface area contributed by atoms with E-state index >= 15 is 0 Å². The van der Waals surface area contributed by atoms with E-state index in [1.807, 2.05) is 0 Å². The maximum absolute atomic E-state index is 12.0. The molecule has 6 nitrogen and oxygen atoms in total. The van der Waals surface area contributed by atoms with E-state index < -0.39 is 0 Å². The van der Waals surface area contributed by atoms with Gasteiger partial charge in [-0.25, -0.2) is 0 Å². The number of nitrogens with zero attached hydrogens (tertiary/aromatic N) is 2.